The molecule has 1 aliphatic carbocycles. The first-order chi connectivity index (χ1) is 11.3. The average Bonchev–Trinajstić information content (AvgIpc) is 2.85. The van der Waals surface area contributed by atoms with Crippen molar-refractivity contribution in [1.82, 2.24) is 4.90 Å². The molecule has 23 heavy (non-hydrogen) atoms. The number of nitrogens with zero attached hydrogens (tertiary/aromatic N) is 2. The monoisotopic (exact) mass is 332 g/mol. The Hall–Kier alpha value is -1.32. The Morgan fingerprint density at radius 1 is 1.09 bits per heavy atom. The van der Waals surface area contributed by atoms with Gasteiger partial charge in [-0.1, -0.05) is 53.9 Å². The number of likely N-dealkylation sites (tertiary alicyclic amines) is 1. The molecule has 1 aromatic rings. The highest BCUT2D eigenvalue weighted by molar-refractivity contribution is 6.50. The van der Waals surface area contributed by atoms with Gasteiger partial charge in [0, 0.05) is 6.54 Å². The van der Waals surface area contributed by atoms with Gasteiger partial charge in [0.15, 0.2) is 0 Å². The molecule has 1 fully saturated rings. The number of hydrogen-bond acceptors (Lipinski definition) is 3. The molecule has 0 unspecified atom stereocenters. The van der Waals surface area contributed by atoms with Crippen molar-refractivity contribution in [2.24, 2.45) is 5.16 Å². The third kappa shape index (κ3) is 4.58. The van der Waals surface area contributed by atoms with Crippen LogP contribution in [0.4, 0.5) is 0 Å². The fourth-order valence-corrected chi connectivity index (χ4v) is 3.64. The molecule has 0 bridgehead atoms. The summed E-state index contributed by atoms with van der Waals surface area (Å²) in [7, 11) is 0. The molecule has 0 N–H and O–H groups in total. The van der Waals surface area contributed by atoms with Crippen molar-refractivity contribution in [2.45, 2.75) is 38.5 Å². The Morgan fingerprint density at radius 2 is 1.87 bits per heavy atom. The third-order valence-electron chi connectivity index (χ3n) is 4.68. The van der Waals surface area contributed by atoms with Crippen molar-refractivity contribution < 1.29 is 4.84 Å². The minimum Gasteiger partial charge on any atom is -0.394 e. The number of fused-ring (bicyclic) bond motifs is 1. The molecule has 1 saturated heterocycles. The molecule has 0 radical (unpaired) electrons. The van der Waals surface area contributed by atoms with Crippen LogP contribution in [0.3, 0.4) is 0 Å². The van der Waals surface area contributed by atoms with E-state index in [-0.39, 0.29) is 0 Å². The number of benzene rings is 1. The van der Waals surface area contributed by atoms with Gasteiger partial charge in [-0.2, -0.15) is 0 Å². The maximum Gasteiger partial charge on any atom is 0.129 e. The number of hydrogen-bond donors (Lipinski definition) is 0. The van der Waals surface area contributed by atoms with Crippen LogP contribution >= 0.6 is 11.6 Å². The van der Waals surface area contributed by atoms with Gasteiger partial charge >= 0.3 is 0 Å². The van der Waals surface area contributed by atoms with E-state index < -0.39 is 0 Å². The van der Waals surface area contributed by atoms with Gasteiger partial charge in [-0.15, -0.1) is 0 Å². The van der Waals surface area contributed by atoms with Gasteiger partial charge < -0.3 is 4.84 Å². The minimum absolute atomic E-state index is 0.651. The molecule has 0 saturated carbocycles. The molecular weight excluding hydrogens is 308 g/mol. The van der Waals surface area contributed by atoms with E-state index in [0.717, 1.165) is 35.6 Å². The predicted molar refractivity (Wildman–Crippen MR) is 96.9 cm³/mol. The van der Waals surface area contributed by atoms with E-state index in [4.69, 9.17) is 16.4 Å². The standard InChI is InChI=1S/C19H25ClN2O/c20-19-17(10-9-16-7-3-4-8-18(16)19)15-21-23-14-13-22-11-5-1-2-6-12-22/h3-4,7-8,15H,1-2,5-6,9-14H2/b21-15-. The van der Waals surface area contributed by atoms with Crippen molar-refractivity contribution in [3.8, 4) is 0 Å². The van der Waals surface area contributed by atoms with Crippen LogP contribution in [0.25, 0.3) is 5.03 Å². The molecule has 1 aliphatic heterocycles. The summed E-state index contributed by atoms with van der Waals surface area (Å²) in [5, 5.41) is 4.94. The first-order valence-corrected chi connectivity index (χ1v) is 9.07. The van der Waals surface area contributed by atoms with Crippen LogP contribution in [0.15, 0.2) is 35.0 Å². The smallest absolute Gasteiger partial charge is 0.129 e. The van der Waals surface area contributed by atoms with Crippen molar-refractivity contribution in [3.05, 3.63) is 41.0 Å². The molecule has 0 amide bonds. The first-order valence-electron chi connectivity index (χ1n) is 8.69. The van der Waals surface area contributed by atoms with Crippen LogP contribution in [0.2, 0.25) is 0 Å². The van der Waals surface area contributed by atoms with Crippen LogP contribution in [-0.4, -0.2) is 37.4 Å². The van der Waals surface area contributed by atoms with Crippen LogP contribution in [0.1, 0.15) is 43.2 Å². The Bertz CT molecular complexity index is 574. The van der Waals surface area contributed by atoms with Crippen LogP contribution in [-0.2, 0) is 11.3 Å². The lowest BCUT2D eigenvalue weighted by molar-refractivity contribution is 0.113. The largest absolute Gasteiger partial charge is 0.394 e. The van der Waals surface area contributed by atoms with Gasteiger partial charge in [0.25, 0.3) is 0 Å². The summed E-state index contributed by atoms with van der Waals surface area (Å²) in [6.07, 6.45) is 9.08. The van der Waals surface area contributed by atoms with Gasteiger partial charge in [0.05, 0.1) is 11.2 Å². The number of halogens is 1. The average molecular weight is 333 g/mol. The number of aryl methyl sites for hydroxylation is 1. The normalized spacial score (nSPS) is 19.7. The molecule has 4 heteroatoms. The van der Waals surface area contributed by atoms with E-state index in [0.29, 0.717) is 6.61 Å². The van der Waals surface area contributed by atoms with Crippen LogP contribution in [0.5, 0.6) is 0 Å². The first kappa shape index (κ1) is 16.5. The summed E-state index contributed by atoms with van der Waals surface area (Å²) in [6.45, 7) is 4.01. The van der Waals surface area contributed by atoms with Crippen LogP contribution < -0.4 is 0 Å². The third-order valence-corrected chi connectivity index (χ3v) is 5.13. The highest BCUT2D eigenvalue weighted by Crippen LogP contribution is 2.33. The minimum atomic E-state index is 0.651. The fourth-order valence-electron chi connectivity index (χ4n) is 3.31. The summed E-state index contributed by atoms with van der Waals surface area (Å²) in [5.41, 5.74) is 3.52. The van der Waals surface area contributed by atoms with E-state index >= 15 is 0 Å². The van der Waals surface area contributed by atoms with Crippen molar-refractivity contribution in [2.75, 3.05) is 26.2 Å². The molecule has 0 atom stereocenters. The van der Waals surface area contributed by atoms with Gasteiger partial charge in [0.1, 0.15) is 6.61 Å². The molecule has 0 aromatic heterocycles. The maximum absolute atomic E-state index is 6.49. The highest BCUT2D eigenvalue weighted by atomic mass is 35.5. The number of oxime groups is 1. The summed E-state index contributed by atoms with van der Waals surface area (Å²) >= 11 is 6.49. The van der Waals surface area contributed by atoms with Crippen molar-refractivity contribution >= 4 is 22.8 Å². The molecule has 2 aliphatic rings. The molecule has 0 spiro atoms. The van der Waals surface area contributed by atoms with Crippen molar-refractivity contribution in [1.29, 1.82) is 0 Å². The molecular formula is C19H25ClN2O. The van der Waals surface area contributed by atoms with Gasteiger partial charge in [-0.05, 0) is 55.5 Å². The molecule has 3 nitrogen and oxygen atoms in total. The van der Waals surface area contributed by atoms with Gasteiger partial charge in [-0.25, -0.2) is 0 Å². The second kappa shape index (κ2) is 8.51. The van der Waals surface area contributed by atoms with E-state index in [2.05, 4.69) is 28.3 Å². The molecule has 1 aromatic carbocycles. The van der Waals surface area contributed by atoms with Crippen molar-refractivity contribution in [3.63, 3.8) is 0 Å². The Labute approximate surface area is 144 Å². The second-order valence-electron chi connectivity index (χ2n) is 6.32. The quantitative estimate of drug-likeness (QED) is 0.452. The van der Waals surface area contributed by atoms with Gasteiger partial charge in [-0.3, -0.25) is 4.90 Å². The summed E-state index contributed by atoms with van der Waals surface area (Å²) in [4.78, 5) is 7.93. The fraction of sp³-hybridized carbons (Fsp3) is 0.526. The Morgan fingerprint density at radius 3 is 2.70 bits per heavy atom. The highest BCUT2D eigenvalue weighted by Gasteiger charge is 2.15. The molecule has 124 valence electrons. The Balaban J connectivity index is 1.48. The SMILES string of the molecule is ClC1=C(/C=N\OCCN2CCCCCC2)CCc2ccccc21. The molecule has 3 rings (SSSR count). The number of allylic oxidation sites excluding steroid dienone is 1. The summed E-state index contributed by atoms with van der Waals surface area (Å²) in [6, 6.07) is 8.31. The lowest BCUT2D eigenvalue weighted by atomic mass is 9.92. The van der Waals surface area contributed by atoms with E-state index in [1.165, 1.54) is 44.3 Å². The van der Waals surface area contributed by atoms with Crippen LogP contribution in [0, 0.1) is 0 Å². The van der Waals surface area contributed by atoms with Gasteiger partial charge in [0.2, 0.25) is 0 Å². The maximum atomic E-state index is 6.49. The Kier molecular flexibility index (Phi) is 6.12. The van der Waals surface area contributed by atoms with E-state index in [1.54, 1.807) is 6.21 Å². The zero-order valence-corrected chi connectivity index (χ0v) is 14.4. The number of rotatable bonds is 5. The zero-order chi connectivity index (χ0) is 15.9. The topological polar surface area (TPSA) is 24.8 Å². The summed E-state index contributed by atoms with van der Waals surface area (Å²) < 4.78 is 0. The van der Waals surface area contributed by atoms with E-state index in [1.807, 2.05) is 6.07 Å². The summed E-state index contributed by atoms with van der Waals surface area (Å²) in [5.74, 6) is 0. The zero-order valence-electron chi connectivity index (χ0n) is 13.6. The van der Waals surface area contributed by atoms with E-state index in [9.17, 15) is 0 Å². The molecule has 1 heterocycles. The lowest BCUT2D eigenvalue weighted by Crippen LogP contribution is -2.28. The predicted octanol–water partition coefficient (Wildman–Crippen LogP) is 4.46. The second-order valence-corrected chi connectivity index (χ2v) is 6.70. The lowest BCUT2D eigenvalue weighted by Gasteiger charge is -2.18.